The Labute approximate surface area is 428 Å². The van der Waals surface area contributed by atoms with Crippen LogP contribution in [0.5, 0.6) is 0 Å². The fourth-order valence-corrected chi connectivity index (χ4v) is 8.55. The van der Waals surface area contributed by atoms with Gasteiger partial charge in [0.05, 0.1) is 0 Å². The van der Waals surface area contributed by atoms with Gasteiger partial charge in [0.25, 0.3) is 0 Å². The minimum absolute atomic E-state index is 0.0909. The molecule has 1 atom stereocenters. The highest BCUT2D eigenvalue weighted by molar-refractivity contribution is 5.71. The van der Waals surface area contributed by atoms with Crippen LogP contribution in [-0.2, 0) is 28.6 Å². The van der Waals surface area contributed by atoms with Crippen molar-refractivity contribution in [2.45, 2.75) is 309 Å². The third-order valence-corrected chi connectivity index (χ3v) is 13.1. The summed E-state index contributed by atoms with van der Waals surface area (Å²) in [7, 11) is 0. The summed E-state index contributed by atoms with van der Waals surface area (Å²) in [6.07, 6.45) is 72.1. The molecule has 69 heavy (non-hydrogen) atoms. The summed E-state index contributed by atoms with van der Waals surface area (Å²) >= 11 is 0. The molecule has 6 nitrogen and oxygen atoms in total. The third kappa shape index (κ3) is 55.9. The molecule has 0 aliphatic carbocycles. The Bertz CT molecular complexity index is 1250. The van der Waals surface area contributed by atoms with Crippen molar-refractivity contribution in [1.29, 1.82) is 0 Å². The molecule has 0 rings (SSSR count). The van der Waals surface area contributed by atoms with Crippen LogP contribution in [-0.4, -0.2) is 37.2 Å². The minimum Gasteiger partial charge on any atom is -0.462 e. The second kappa shape index (κ2) is 57.7. The summed E-state index contributed by atoms with van der Waals surface area (Å²) < 4.78 is 16.9. The number of rotatable bonds is 54. The molecule has 0 bridgehead atoms. The van der Waals surface area contributed by atoms with E-state index in [2.05, 4.69) is 81.5 Å². The van der Waals surface area contributed by atoms with Crippen molar-refractivity contribution in [3.8, 4) is 0 Å². The summed E-state index contributed by atoms with van der Waals surface area (Å²) in [5.41, 5.74) is 0. The molecule has 6 heteroatoms. The summed E-state index contributed by atoms with van der Waals surface area (Å²) in [4.78, 5) is 38.2. The SMILES string of the molecule is CCCCCCC\C=C/C=C\C=C/CCCCCCCC(=O)OCC(COC(=O)CCCCC/C=C\C=C/CCCCCCCCC)OC(=O)CCCCCCCCCCCCCCCCCCC. The van der Waals surface area contributed by atoms with Gasteiger partial charge >= 0.3 is 17.9 Å². The monoisotopic (exact) mass is 965 g/mol. The average Bonchev–Trinajstić information content (AvgIpc) is 3.35. The zero-order chi connectivity index (χ0) is 50.0. The van der Waals surface area contributed by atoms with Gasteiger partial charge in [-0.2, -0.15) is 0 Å². The van der Waals surface area contributed by atoms with Gasteiger partial charge in [0.1, 0.15) is 13.2 Å². The normalized spacial score (nSPS) is 12.4. The smallest absolute Gasteiger partial charge is 0.306 e. The van der Waals surface area contributed by atoms with Gasteiger partial charge < -0.3 is 14.2 Å². The molecule has 400 valence electrons. The first-order valence-corrected chi connectivity index (χ1v) is 29.8. The van der Waals surface area contributed by atoms with Crippen LogP contribution >= 0.6 is 0 Å². The van der Waals surface area contributed by atoms with Crippen molar-refractivity contribution in [1.82, 2.24) is 0 Å². The zero-order valence-electron chi connectivity index (χ0n) is 45.8. The Morgan fingerprint density at radius 1 is 0.290 bits per heavy atom. The molecule has 1 unspecified atom stereocenters. The van der Waals surface area contributed by atoms with Crippen LogP contribution in [0, 0.1) is 0 Å². The molecule has 0 N–H and O–H groups in total. The topological polar surface area (TPSA) is 78.9 Å². The Kier molecular flexibility index (Phi) is 55.3. The molecule has 0 fully saturated rings. The van der Waals surface area contributed by atoms with Crippen LogP contribution in [0.15, 0.2) is 60.8 Å². The largest absolute Gasteiger partial charge is 0.462 e. The number of hydrogen-bond donors (Lipinski definition) is 0. The van der Waals surface area contributed by atoms with E-state index in [-0.39, 0.29) is 31.1 Å². The molecule has 0 spiro atoms. The molecular weight excluding hydrogens is 853 g/mol. The van der Waals surface area contributed by atoms with Crippen molar-refractivity contribution < 1.29 is 28.6 Å². The summed E-state index contributed by atoms with van der Waals surface area (Å²) in [6.45, 7) is 6.61. The van der Waals surface area contributed by atoms with Gasteiger partial charge in [-0.15, -0.1) is 0 Å². The van der Waals surface area contributed by atoms with Gasteiger partial charge in [-0.1, -0.05) is 274 Å². The van der Waals surface area contributed by atoms with Crippen LogP contribution in [0.3, 0.4) is 0 Å². The molecule has 0 aromatic rings. The van der Waals surface area contributed by atoms with Gasteiger partial charge in [-0.25, -0.2) is 0 Å². The summed E-state index contributed by atoms with van der Waals surface area (Å²) in [5.74, 6) is -0.921. The fraction of sp³-hybridized carbons (Fsp3) is 0.794. The van der Waals surface area contributed by atoms with E-state index >= 15 is 0 Å². The molecule has 0 saturated carbocycles. The van der Waals surface area contributed by atoms with E-state index in [1.54, 1.807) is 0 Å². The van der Waals surface area contributed by atoms with Crippen molar-refractivity contribution in [2.75, 3.05) is 13.2 Å². The first-order valence-electron chi connectivity index (χ1n) is 29.8. The van der Waals surface area contributed by atoms with Crippen molar-refractivity contribution in [3.05, 3.63) is 60.8 Å². The predicted octanol–water partition coefficient (Wildman–Crippen LogP) is 20.0. The van der Waals surface area contributed by atoms with Gasteiger partial charge in [0.15, 0.2) is 6.10 Å². The molecular formula is C63H112O6. The molecule has 0 aromatic heterocycles. The first-order chi connectivity index (χ1) is 34.0. The van der Waals surface area contributed by atoms with Crippen LogP contribution < -0.4 is 0 Å². The summed E-state index contributed by atoms with van der Waals surface area (Å²) in [5, 5.41) is 0. The average molecular weight is 966 g/mol. The van der Waals surface area contributed by atoms with Gasteiger partial charge in [0, 0.05) is 19.3 Å². The van der Waals surface area contributed by atoms with Crippen molar-refractivity contribution in [2.24, 2.45) is 0 Å². The lowest BCUT2D eigenvalue weighted by Gasteiger charge is -2.18. The number of ether oxygens (including phenoxy) is 3. The van der Waals surface area contributed by atoms with Crippen molar-refractivity contribution >= 4 is 17.9 Å². The van der Waals surface area contributed by atoms with E-state index in [9.17, 15) is 14.4 Å². The van der Waals surface area contributed by atoms with Gasteiger partial charge in [-0.3, -0.25) is 14.4 Å². The number of allylic oxidation sites excluding steroid dienone is 10. The Balaban J connectivity index is 4.44. The Morgan fingerprint density at radius 3 is 0.826 bits per heavy atom. The third-order valence-electron chi connectivity index (χ3n) is 13.1. The van der Waals surface area contributed by atoms with Gasteiger partial charge in [0.2, 0.25) is 0 Å². The number of unbranched alkanes of at least 4 members (excludes halogenated alkanes) is 36. The molecule has 0 heterocycles. The number of esters is 3. The highest BCUT2D eigenvalue weighted by Gasteiger charge is 2.19. The maximum absolute atomic E-state index is 12.9. The van der Waals surface area contributed by atoms with E-state index in [1.165, 1.54) is 173 Å². The second-order valence-electron chi connectivity index (χ2n) is 20.0. The van der Waals surface area contributed by atoms with Crippen LogP contribution in [0.1, 0.15) is 303 Å². The number of carbonyl (C=O) groups is 3. The lowest BCUT2D eigenvalue weighted by Crippen LogP contribution is -2.30. The molecule has 0 radical (unpaired) electrons. The molecule has 0 aliphatic heterocycles. The maximum Gasteiger partial charge on any atom is 0.306 e. The van der Waals surface area contributed by atoms with E-state index in [0.29, 0.717) is 19.3 Å². The fourth-order valence-electron chi connectivity index (χ4n) is 8.55. The van der Waals surface area contributed by atoms with E-state index in [0.717, 1.165) is 89.9 Å². The van der Waals surface area contributed by atoms with Crippen molar-refractivity contribution in [3.63, 3.8) is 0 Å². The zero-order valence-corrected chi connectivity index (χ0v) is 45.8. The highest BCUT2D eigenvalue weighted by atomic mass is 16.6. The standard InChI is InChI=1S/C63H112O6/c1-4-7-10-13-16-19-22-25-28-31-33-35-38-41-44-47-50-53-56-62(65)68-59-60(58-67-61(64)55-52-49-46-43-40-37-34-30-27-24-21-18-15-12-9-6-3)69-63(66)57-54-51-48-45-42-39-36-32-29-26-23-20-17-14-11-8-5-2/h22,25,28,30-31,33-35,37,40,60H,4-21,23-24,26-27,29,32,36,38-39,41-59H2,1-3H3/b25-22-,31-28-,34-30-,35-33-,40-37-. The molecule has 0 saturated heterocycles. The lowest BCUT2D eigenvalue weighted by atomic mass is 10.0. The first kappa shape index (κ1) is 66.1. The highest BCUT2D eigenvalue weighted by Crippen LogP contribution is 2.16. The quantitative estimate of drug-likeness (QED) is 0.0262. The lowest BCUT2D eigenvalue weighted by molar-refractivity contribution is -0.167. The Hall–Kier alpha value is -2.89. The molecule has 0 amide bonds. The van der Waals surface area contributed by atoms with Crippen LogP contribution in [0.2, 0.25) is 0 Å². The van der Waals surface area contributed by atoms with Crippen LogP contribution in [0.4, 0.5) is 0 Å². The Morgan fingerprint density at radius 2 is 0.522 bits per heavy atom. The summed E-state index contributed by atoms with van der Waals surface area (Å²) in [6, 6.07) is 0. The predicted molar refractivity (Wildman–Crippen MR) is 298 cm³/mol. The van der Waals surface area contributed by atoms with E-state index in [4.69, 9.17) is 14.2 Å². The van der Waals surface area contributed by atoms with Crippen LogP contribution in [0.25, 0.3) is 0 Å². The molecule has 0 aromatic carbocycles. The molecule has 0 aliphatic rings. The van der Waals surface area contributed by atoms with Gasteiger partial charge in [-0.05, 0) is 70.6 Å². The van der Waals surface area contributed by atoms with E-state index < -0.39 is 6.10 Å². The van der Waals surface area contributed by atoms with E-state index in [1.807, 2.05) is 0 Å². The minimum atomic E-state index is -0.792. The second-order valence-corrected chi connectivity index (χ2v) is 20.0. The number of hydrogen-bond acceptors (Lipinski definition) is 6. The number of carbonyl (C=O) groups excluding carboxylic acids is 3. The maximum atomic E-state index is 12.9.